The highest BCUT2D eigenvalue weighted by Crippen LogP contribution is 2.30. The summed E-state index contributed by atoms with van der Waals surface area (Å²) in [6.07, 6.45) is 7.41. The Hall–Kier alpha value is -2.83. The van der Waals surface area contributed by atoms with Crippen molar-refractivity contribution in [1.29, 1.82) is 0 Å². The van der Waals surface area contributed by atoms with E-state index in [0.29, 0.717) is 23.0 Å². The Kier molecular flexibility index (Phi) is 5.21. The Labute approximate surface area is 158 Å². The molecule has 7 heteroatoms. The number of nitrogens with one attached hydrogen (secondary N) is 1. The molecule has 3 rings (SSSR count). The second-order valence-electron chi connectivity index (χ2n) is 7.66. The molecule has 1 aliphatic rings. The maximum Gasteiger partial charge on any atom is 0.313 e. The van der Waals surface area contributed by atoms with Gasteiger partial charge in [0.15, 0.2) is 5.82 Å². The average Bonchev–Trinajstić information content (AvgIpc) is 3.07. The number of hydrogen-bond acceptors (Lipinski definition) is 4. The first kappa shape index (κ1) is 18.9. The molecular weight excluding hydrogens is 344 g/mol. The average molecular weight is 370 g/mol. The van der Waals surface area contributed by atoms with Crippen LogP contribution in [0.15, 0.2) is 30.5 Å². The molecule has 27 heavy (non-hydrogen) atoms. The van der Waals surface area contributed by atoms with E-state index in [2.05, 4.69) is 10.4 Å². The molecule has 4 N–H and O–H groups in total. The lowest BCUT2D eigenvalue weighted by Gasteiger charge is -2.21. The smallest absolute Gasteiger partial charge is 0.313 e. The molecule has 0 spiro atoms. The summed E-state index contributed by atoms with van der Waals surface area (Å²) < 4.78 is 1.85. The monoisotopic (exact) mass is 370 g/mol. The third-order valence-electron chi connectivity index (χ3n) is 5.35. The second kappa shape index (κ2) is 7.42. The van der Waals surface area contributed by atoms with Gasteiger partial charge in [-0.05, 0) is 44.4 Å². The van der Waals surface area contributed by atoms with Crippen LogP contribution < -0.4 is 11.1 Å². The fraction of sp³-hybridized carbons (Fsp3) is 0.450. The number of rotatable bonds is 6. The summed E-state index contributed by atoms with van der Waals surface area (Å²) in [5.41, 5.74) is 6.33. The highest BCUT2D eigenvalue weighted by Gasteiger charge is 2.29. The van der Waals surface area contributed by atoms with Crippen molar-refractivity contribution in [2.75, 3.05) is 5.32 Å². The van der Waals surface area contributed by atoms with E-state index in [1.165, 1.54) is 19.3 Å². The lowest BCUT2D eigenvalue weighted by molar-refractivity contribution is -0.142. The number of benzene rings is 1. The molecule has 144 valence electrons. The summed E-state index contributed by atoms with van der Waals surface area (Å²) >= 11 is 0. The minimum atomic E-state index is -0.973. The van der Waals surface area contributed by atoms with E-state index >= 15 is 0 Å². The number of carbonyl (C=O) groups excluding carboxylic acids is 1. The summed E-state index contributed by atoms with van der Waals surface area (Å²) in [5.74, 6) is -0.980. The first-order valence-corrected chi connectivity index (χ1v) is 9.29. The number of hydrogen-bond donors (Lipinski definition) is 3. The van der Waals surface area contributed by atoms with Crippen LogP contribution in [0.25, 0.3) is 0 Å². The van der Waals surface area contributed by atoms with Gasteiger partial charge in [-0.2, -0.15) is 5.10 Å². The zero-order chi connectivity index (χ0) is 19.6. The summed E-state index contributed by atoms with van der Waals surface area (Å²) in [6.45, 7) is 3.32. The number of carbonyl (C=O) groups is 2. The molecule has 1 aliphatic carbocycles. The van der Waals surface area contributed by atoms with Gasteiger partial charge < -0.3 is 16.2 Å². The van der Waals surface area contributed by atoms with E-state index < -0.39 is 17.3 Å². The van der Waals surface area contributed by atoms with Gasteiger partial charge in [0.05, 0.1) is 11.5 Å². The largest absolute Gasteiger partial charge is 0.481 e. The second-order valence-corrected chi connectivity index (χ2v) is 7.66. The van der Waals surface area contributed by atoms with Crippen molar-refractivity contribution in [2.45, 2.75) is 57.4 Å². The van der Waals surface area contributed by atoms with E-state index in [-0.39, 0.29) is 0 Å². The first-order chi connectivity index (χ1) is 12.8. The van der Waals surface area contributed by atoms with Crippen molar-refractivity contribution in [3.63, 3.8) is 0 Å². The normalized spacial score (nSPS) is 15.5. The van der Waals surface area contributed by atoms with Crippen molar-refractivity contribution in [2.24, 2.45) is 5.73 Å². The Balaban J connectivity index is 1.83. The van der Waals surface area contributed by atoms with Gasteiger partial charge in [0.2, 0.25) is 0 Å². The molecule has 1 aromatic carbocycles. The van der Waals surface area contributed by atoms with Gasteiger partial charge in [-0.15, -0.1) is 0 Å². The van der Waals surface area contributed by atoms with Crippen molar-refractivity contribution >= 4 is 23.4 Å². The van der Waals surface area contributed by atoms with E-state index in [1.807, 2.05) is 4.68 Å². The van der Waals surface area contributed by atoms with Crippen molar-refractivity contribution in [3.8, 4) is 0 Å². The van der Waals surface area contributed by atoms with E-state index in [9.17, 15) is 14.7 Å². The van der Waals surface area contributed by atoms with Crippen molar-refractivity contribution in [1.82, 2.24) is 9.78 Å². The van der Waals surface area contributed by atoms with Crippen LogP contribution in [0.3, 0.4) is 0 Å². The van der Waals surface area contributed by atoms with Crippen LogP contribution in [-0.4, -0.2) is 26.8 Å². The predicted octanol–water partition coefficient (Wildman–Crippen LogP) is 3.59. The number of aromatic nitrogens is 2. The lowest BCUT2D eigenvalue weighted by atomic mass is 9.85. The summed E-state index contributed by atoms with van der Waals surface area (Å²) in [6, 6.07) is 7.39. The standard InChI is InChI=1S/C20H26N4O3/c1-20(2,19(26)27)13-8-10-14(11-9-13)22-18-16(17(21)25)12-24(23-18)15-6-4-3-5-7-15/h8-12,15H,3-7H2,1-2H3,(H2,21,25)(H,22,23)(H,26,27). The van der Waals surface area contributed by atoms with Crippen LogP contribution >= 0.6 is 0 Å². The zero-order valence-corrected chi connectivity index (χ0v) is 15.7. The number of anilines is 2. The topological polar surface area (TPSA) is 110 Å². The molecule has 0 bridgehead atoms. The molecule has 0 aliphatic heterocycles. The molecule has 0 atom stereocenters. The quantitative estimate of drug-likeness (QED) is 0.720. The molecule has 0 radical (unpaired) electrons. The molecule has 1 aromatic heterocycles. The van der Waals surface area contributed by atoms with E-state index in [1.54, 1.807) is 44.3 Å². The van der Waals surface area contributed by atoms with Crippen LogP contribution in [0.4, 0.5) is 11.5 Å². The van der Waals surface area contributed by atoms with Crippen LogP contribution in [0.2, 0.25) is 0 Å². The summed E-state index contributed by atoms with van der Waals surface area (Å²) in [5, 5.41) is 17.0. The zero-order valence-electron chi connectivity index (χ0n) is 15.7. The van der Waals surface area contributed by atoms with E-state index in [0.717, 1.165) is 18.5 Å². The maximum atomic E-state index is 11.8. The molecule has 2 aromatic rings. The number of nitrogens with two attached hydrogens (primary N) is 1. The fourth-order valence-corrected chi connectivity index (χ4v) is 3.43. The van der Waals surface area contributed by atoms with Gasteiger partial charge in [-0.25, -0.2) is 0 Å². The van der Waals surface area contributed by atoms with Gasteiger partial charge >= 0.3 is 5.97 Å². The summed E-state index contributed by atoms with van der Waals surface area (Å²) in [4.78, 5) is 23.2. The van der Waals surface area contributed by atoms with Crippen LogP contribution in [0.5, 0.6) is 0 Å². The third-order valence-corrected chi connectivity index (χ3v) is 5.35. The Morgan fingerprint density at radius 1 is 1.19 bits per heavy atom. The predicted molar refractivity (Wildman–Crippen MR) is 103 cm³/mol. The third kappa shape index (κ3) is 3.97. The Morgan fingerprint density at radius 2 is 1.81 bits per heavy atom. The Morgan fingerprint density at radius 3 is 2.37 bits per heavy atom. The summed E-state index contributed by atoms with van der Waals surface area (Å²) in [7, 11) is 0. The van der Waals surface area contributed by atoms with Gasteiger partial charge in [0.1, 0.15) is 5.56 Å². The maximum absolute atomic E-state index is 11.8. The Bertz CT molecular complexity index is 833. The molecule has 0 unspecified atom stereocenters. The number of amides is 1. The molecule has 1 amide bonds. The number of primary amides is 1. The minimum absolute atomic E-state index is 0.297. The molecular formula is C20H26N4O3. The van der Waals surface area contributed by atoms with Crippen LogP contribution in [-0.2, 0) is 10.2 Å². The minimum Gasteiger partial charge on any atom is -0.481 e. The highest BCUT2D eigenvalue weighted by molar-refractivity contribution is 5.98. The van der Waals surface area contributed by atoms with E-state index in [4.69, 9.17) is 5.73 Å². The number of carboxylic acids is 1. The van der Waals surface area contributed by atoms with Gasteiger partial charge in [0.25, 0.3) is 5.91 Å². The van der Waals surface area contributed by atoms with Gasteiger partial charge in [-0.1, -0.05) is 31.4 Å². The lowest BCUT2D eigenvalue weighted by Crippen LogP contribution is -2.28. The molecule has 1 saturated carbocycles. The fourth-order valence-electron chi connectivity index (χ4n) is 3.43. The SMILES string of the molecule is CC(C)(C(=O)O)c1ccc(Nc2nn(C3CCCCC3)cc2C(N)=O)cc1. The first-order valence-electron chi connectivity index (χ1n) is 9.29. The molecule has 1 heterocycles. The van der Waals surface area contributed by atoms with Gasteiger partial charge in [-0.3, -0.25) is 14.3 Å². The molecule has 7 nitrogen and oxygen atoms in total. The van der Waals surface area contributed by atoms with Crippen LogP contribution in [0, 0.1) is 0 Å². The number of aliphatic carboxylic acids is 1. The number of carboxylic acid groups (broad SMARTS) is 1. The highest BCUT2D eigenvalue weighted by atomic mass is 16.4. The van der Waals surface area contributed by atoms with Gasteiger partial charge in [0, 0.05) is 11.9 Å². The van der Waals surface area contributed by atoms with Crippen LogP contribution in [0.1, 0.15) is 67.9 Å². The van der Waals surface area contributed by atoms with Crippen molar-refractivity contribution in [3.05, 3.63) is 41.6 Å². The molecule has 0 saturated heterocycles. The van der Waals surface area contributed by atoms with Crippen molar-refractivity contribution < 1.29 is 14.7 Å². The molecule has 1 fully saturated rings. The number of nitrogens with zero attached hydrogens (tertiary/aromatic N) is 2.